The van der Waals surface area contributed by atoms with Gasteiger partial charge in [-0.2, -0.15) is 0 Å². The van der Waals surface area contributed by atoms with Crippen LogP contribution in [0.3, 0.4) is 0 Å². The zero-order chi connectivity index (χ0) is 29.5. The first-order valence-corrected chi connectivity index (χ1v) is 15.4. The second-order valence-corrected chi connectivity index (χ2v) is 11.8. The maximum atomic E-state index is 6.24. The number of furan rings is 1. The van der Waals surface area contributed by atoms with E-state index in [0.717, 1.165) is 33.2 Å². The third kappa shape index (κ3) is 3.46. The van der Waals surface area contributed by atoms with Crippen LogP contribution in [0.25, 0.3) is 88.1 Å². The summed E-state index contributed by atoms with van der Waals surface area (Å²) in [6.07, 6.45) is 0. The lowest BCUT2D eigenvalue weighted by Gasteiger charge is -2.11. The molecule has 3 nitrogen and oxygen atoms in total. The lowest BCUT2D eigenvalue weighted by Crippen LogP contribution is -1.95. The third-order valence-electron chi connectivity index (χ3n) is 9.30. The number of hydrogen-bond acceptors (Lipinski definition) is 1. The molecule has 0 N–H and O–H groups in total. The minimum absolute atomic E-state index is 0.910. The molecule has 45 heavy (non-hydrogen) atoms. The van der Waals surface area contributed by atoms with Gasteiger partial charge in [0.05, 0.1) is 22.1 Å². The number of hydrogen-bond donors (Lipinski definition) is 0. The van der Waals surface area contributed by atoms with Gasteiger partial charge in [0.15, 0.2) is 0 Å². The molecule has 0 unspecified atom stereocenters. The Morgan fingerprint density at radius 1 is 0.356 bits per heavy atom. The maximum absolute atomic E-state index is 6.24. The van der Waals surface area contributed by atoms with Crippen LogP contribution < -0.4 is 0 Å². The Kier molecular flexibility index (Phi) is 5.00. The van der Waals surface area contributed by atoms with Crippen LogP contribution in [0.2, 0.25) is 0 Å². The summed E-state index contributed by atoms with van der Waals surface area (Å²) in [4.78, 5) is 0. The molecule has 0 aliphatic carbocycles. The smallest absolute Gasteiger partial charge is 0.136 e. The van der Waals surface area contributed by atoms with E-state index in [1.165, 1.54) is 54.9 Å². The first-order chi connectivity index (χ1) is 22.3. The monoisotopic (exact) mass is 574 g/mol. The Hall–Kier alpha value is -6.06. The quantitative estimate of drug-likeness (QED) is 0.206. The van der Waals surface area contributed by atoms with Crippen LogP contribution in [-0.2, 0) is 0 Å². The summed E-state index contributed by atoms with van der Waals surface area (Å²) in [6, 6.07) is 56.5. The summed E-state index contributed by atoms with van der Waals surface area (Å²) in [6.45, 7) is 0. The standard InChI is InChI=1S/C42H26N2O/c1-2-13-28(14-3-1)43-36-20-7-4-16-31(36)34-26-39-35(25-38(34)43)32-17-5-8-21-37(32)44(39)29-15-10-12-27(24-29)30-19-11-23-41-42(30)33-18-6-9-22-40(33)45-41/h1-26H. The molecule has 10 aromatic rings. The number of para-hydroxylation sites is 4. The molecule has 3 heterocycles. The zero-order valence-corrected chi connectivity index (χ0v) is 24.3. The van der Waals surface area contributed by atoms with Crippen molar-refractivity contribution in [1.82, 2.24) is 9.13 Å². The van der Waals surface area contributed by atoms with Gasteiger partial charge in [0.25, 0.3) is 0 Å². The van der Waals surface area contributed by atoms with Crippen molar-refractivity contribution < 1.29 is 4.42 Å². The third-order valence-corrected chi connectivity index (χ3v) is 9.30. The van der Waals surface area contributed by atoms with E-state index in [9.17, 15) is 0 Å². The fourth-order valence-corrected chi connectivity index (χ4v) is 7.39. The Labute approximate surface area is 258 Å². The van der Waals surface area contributed by atoms with E-state index in [4.69, 9.17) is 4.42 Å². The highest BCUT2D eigenvalue weighted by molar-refractivity contribution is 6.19. The van der Waals surface area contributed by atoms with Gasteiger partial charge < -0.3 is 13.6 Å². The molecular weight excluding hydrogens is 548 g/mol. The van der Waals surface area contributed by atoms with Gasteiger partial charge in [0, 0.05) is 43.7 Å². The van der Waals surface area contributed by atoms with Crippen molar-refractivity contribution >= 4 is 65.6 Å². The van der Waals surface area contributed by atoms with Crippen molar-refractivity contribution in [2.75, 3.05) is 0 Å². The van der Waals surface area contributed by atoms with E-state index in [0.29, 0.717) is 0 Å². The molecule has 0 atom stereocenters. The van der Waals surface area contributed by atoms with Gasteiger partial charge in [-0.15, -0.1) is 0 Å². The Morgan fingerprint density at radius 2 is 0.911 bits per heavy atom. The van der Waals surface area contributed by atoms with E-state index in [1.807, 2.05) is 12.1 Å². The predicted octanol–water partition coefficient (Wildman–Crippen LogP) is 11.4. The molecule has 3 heteroatoms. The van der Waals surface area contributed by atoms with Crippen LogP contribution in [0.4, 0.5) is 0 Å². The topological polar surface area (TPSA) is 23.0 Å². The molecule has 0 aliphatic rings. The van der Waals surface area contributed by atoms with Gasteiger partial charge >= 0.3 is 0 Å². The molecule has 3 aromatic heterocycles. The highest BCUT2D eigenvalue weighted by atomic mass is 16.3. The van der Waals surface area contributed by atoms with Crippen molar-refractivity contribution in [1.29, 1.82) is 0 Å². The number of nitrogens with zero attached hydrogens (tertiary/aromatic N) is 2. The van der Waals surface area contributed by atoms with E-state index in [-0.39, 0.29) is 0 Å². The number of rotatable bonds is 3. The van der Waals surface area contributed by atoms with Crippen molar-refractivity contribution in [2.45, 2.75) is 0 Å². The van der Waals surface area contributed by atoms with E-state index in [1.54, 1.807) is 0 Å². The Bertz CT molecular complexity index is 2760. The van der Waals surface area contributed by atoms with Gasteiger partial charge in [-0.3, -0.25) is 0 Å². The van der Waals surface area contributed by atoms with E-state index in [2.05, 4.69) is 155 Å². The first-order valence-electron chi connectivity index (χ1n) is 15.4. The lowest BCUT2D eigenvalue weighted by molar-refractivity contribution is 0.669. The zero-order valence-electron chi connectivity index (χ0n) is 24.3. The van der Waals surface area contributed by atoms with E-state index >= 15 is 0 Å². The van der Waals surface area contributed by atoms with Crippen molar-refractivity contribution in [3.05, 3.63) is 158 Å². The minimum Gasteiger partial charge on any atom is -0.456 e. The van der Waals surface area contributed by atoms with Crippen molar-refractivity contribution in [2.24, 2.45) is 0 Å². The van der Waals surface area contributed by atoms with Crippen molar-refractivity contribution in [3.63, 3.8) is 0 Å². The summed E-state index contributed by atoms with van der Waals surface area (Å²) in [5.41, 5.74) is 11.3. The number of fused-ring (bicyclic) bond motifs is 9. The first kappa shape index (κ1) is 24.4. The van der Waals surface area contributed by atoms with Crippen molar-refractivity contribution in [3.8, 4) is 22.5 Å². The predicted molar refractivity (Wildman–Crippen MR) is 188 cm³/mol. The molecule has 0 fully saturated rings. The summed E-state index contributed by atoms with van der Waals surface area (Å²) in [5, 5.41) is 7.28. The summed E-state index contributed by atoms with van der Waals surface area (Å²) >= 11 is 0. The van der Waals surface area contributed by atoms with Crippen LogP contribution >= 0.6 is 0 Å². The molecule has 0 saturated heterocycles. The molecule has 0 amide bonds. The fourth-order valence-electron chi connectivity index (χ4n) is 7.39. The molecule has 0 bridgehead atoms. The molecular formula is C42H26N2O. The van der Waals surface area contributed by atoms with Gasteiger partial charge in [0.1, 0.15) is 11.2 Å². The second kappa shape index (κ2) is 9.22. The molecule has 0 radical (unpaired) electrons. The van der Waals surface area contributed by atoms with Gasteiger partial charge in [-0.05, 0) is 71.8 Å². The molecule has 0 saturated carbocycles. The molecule has 7 aromatic carbocycles. The number of aromatic nitrogens is 2. The maximum Gasteiger partial charge on any atom is 0.136 e. The van der Waals surface area contributed by atoms with Crippen LogP contribution in [0.1, 0.15) is 0 Å². The highest BCUT2D eigenvalue weighted by Gasteiger charge is 2.19. The fraction of sp³-hybridized carbons (Fsp3) is 0. The summed E-state index contributed by atoms with van der Waals surface area (Å²) in [7, 11) is 0. The van der Waals surface area contributed by atoms with Gasteiger partial charge in [0.2, 0.25) is 0 Å². The molecule has 0 spiro atoms. The van der Waals surface area contributed by atoms with Crippen LogP contribution in [-0.4, -0.2) is 9.13 Å². The normalized spacial score (nSPS) is 12.0. The Balaban J connectivity index is 1.27. The van der Waals surface area contributed by atoms with Crippen LogP contribution in [0.5, 0.6) is 0 Å². The van der Waals surface area contributed by atoms with Crippen LogP contribution in [0.15, 0.2) is 162 Å². The highest BCUT2D eigenvalue weighted by Crippen LogP contribution is 2.41. The van der Waals surface area contributed by atoms with Crippen LogP contribution in [0, 0.1) is 0 Å². The second-order valence-electron chi connectivity index (χ2n) is 11.8. The minimum atomic E-state index is 0.910. The van der Waals surface area contributed by atoms with E-state index < -0.39 is 0 Å². The van der Waals surface area contributed by atoms with Gasteiger partial charge in [-0.1, -0.05) is 97.1 Å². The average Bonchev–Trinajstić information content (AvgIpc) is 3.75. The lowest BCUT2D eigenvalue weighted by atomic mass is 9.99. The summed E-state index contributed by atoms with van der Waals surface area (Å²) < 4.78 is 11.1. The largest absolute Gasteiger partial charge is 0.456 e. The summed E-state index contributed by atoms with van der Waals surface area (Å²) in [5.74, 6) is 0. The number of benzene rings is 7. The molecule has 210 valence electrons. The Morgan fingerprint density at radius 3 is 1.64 bits per heavy atom. The molecule has 0 aliphatic heterocycles. The average molecular weight is 575 g/mol. The molecule has 10 rings (SSSR count). The van der Waals surface area contributed by atoms with Gasteiger partial charge in [-0.25, -0.2) is 0 Å². The SMILES string of the molecule is c1ccc(-n2c3ccccc3c3cc4c(cc32)c2ccccc2n4-c2cccc(-c3cccc4oc5ccccc5c34)c2)cc1.